The molecule has 2 aliphatic rings. The number of aliphatic hydroxyl groups excluding tert-OH is 4. The number of carbonyl (C=O) groups is 6. The van der Waals surface area contributed by atoms with Crippen LogP contribution in [0.4, 0.5) is 0 Å². The van der Waals surface area contributed by atoms with Gasteiger partial charge in [-0.15, -0.1) is 0 Å². The minimum Gasteiger partial charge on any atom is -0.481 e. The number of aliphatic hydroxyl groups is 4. The molecule has 202 valence electrons. The number of hydrogen-bond donors (Lipinski definition) is 9. The highest BCUT2D eigenvalue weighted by atomic mass is 16.6. The Hall–Kier alpha value is -3.38. The molecule has 0 aromatic heterocycles. The number of cyclic esters (lactones) is 1. The third kappa shape index (κ3) is 7.31. The second kappa shape index (κ2) is 12.5. The zero-order valence-electron chi connectivity index (χ0n) is 18.6. The van der Waals surface area contributed by atoms with E-state index < -0.39 is 117 Å². The van der Waals surface area contributed by atoms with Gasteiger partial charge in [0, 0.05) is 6.42 Å². The molecule has 2 heterocycles. The summed E-state index contributed by atoms with van der Waals surface area (Å²) in [6.45, 7) is -1.76. The molecule has 17 nitrogen and oxygen atoms in total. The van der Waals surface area contributed by atoms with Gasteiger partial charge in [0.25, 0.3) is 5.91 Å². The van der Waals surface area contributed by atoms with E-state index in [2.05, 4.69) is 5.32 Å². The third-order valence-corrected chi connectivity index (χ3v) is 5.46. The smallest absolute Gasteiger partial charge is 0.326 e. The van der Waals surface area contributed by atoms with Gasteiger partial charge in [0.15, 0.2) is 6.10 Å². The molecular weight excluding hydrogens is 494 g/mol. The number of fused-ring (bicyclic) bond motifs is 2. The van der Waals surface area contributed by atoms with E-state index in [4.69, 9.17) is 14.6 Å². The molecule has 3 amide bonds. The quantitative estimate of drug-likeness (QED) is 0.141. The van der Waals surface area contributed by atoms with Crippen LogP contribution < -0.4 is 16.0 Å². The Morgan fingerprint density at radius 3 is 2.25 bits per heavy atom. The van der Waals surface area contributed by atoms with Gasteiger partial charge in [-0.2, -0.15) is 0 Å². The Bertz CT molecular complexity index is 881. The van der Waals surface area contributed by atoms with E-state index in [1.165, 1.54) is 0 Å². The molecule has 36 heavy (non-hydrogen) atoms. The molecule has 17 heteroatoms. The van der Waals surface area contributed by atoms with Crippen molar-refractivity contribution < 1.29 is 68.9 Å². The molecule has 0 saturated carbocycles. The van der Waals surface area contributed by atoms with Crippen molar-refractivity contribution in [2.24, 2.45) is 0 Å². The van der Waals surface area contributed by atoms with Crippen molar-refractivity contribution in [3.05, 3.63) is 0 Å². The Balaban J connectivity index is 2.29. The van der Waals surface area contributed by atoms with Crippen molar-refractivity contribution in [3.8, 4) is 0 Å². The van der Waals surface area contributed by atoms with E-state index in [0.717, 1.165) is 0 Å². The molecule has 2 unspecified atom stereocenters. The predicted octanol–water partition coefficient (Wildman–Crippen LogP) is -5.82. The monoisotopic (exact) mass is 521 g/mol. The van der Waals surface area contributed by atoms with E-state index in [-0.39, 0.29) is 0 Å². The van der Waals surface area contributed by atoms with Gasteiger partial charge in [-0.3, -0.25) is 24.0 Å². The number of hydrogen-bond acceptors (Lipinski definition) is 12. The molecule has 0 aromatic rings. The number of carboxylic acids is 2. The second-order valence-electron chi connectivity index (χ2n) is 8.09. The van der Waals surface area contributed by atoms with Crippen LogP contribution in [0.15, 0.2) is 0 Å². The highest BCUT2D eigenvalue weighted by Gasteiger charge is 2.48. The van der Waals surface area contributed by atoms with Crippen LogP contribution in [0.25, 0.3) is 0 Å². The van der Waals surface area contributed by atoms with Crippen LogP contribution in [0.3, 0.4) is 0 Å². The van der Waals surface area contributed by atoms with E-state index >= 15 is 0 Å². The Kier molecular flexibility index (Phi) is 10.1. The maximum absolute atomic E-state index is 12.7. The highest BCUT2D eigenvalue weighted by molar-refractivity contribution is 5.96. The molecule has 2 aliphatic heterocycles. The molecule has 2 rings (SSSR count). The SMILES string of the molecule is O=C(O)CC[C@H](NC(=O)[C@H]1CC(=O)OCC2OC(C(=O)N[C@H](CO)C(=O)N1)[C@@H](O)[C@H](O)[C@@H]2O)C(=O)O. The summed E-state index contributed by atoms with van der Waals surface area (Å²) < 4.78 is 10.1. The summed E-state index contributed by atoms with van der Waals surface area (Å²) >= 11 is 0. The number of aliphatic carboxylic acids is 2. The van der Waals surface area contributed by atoms with Gasteiger partial charge in [-0.25, -0.2) is 4.79 Å². The molecule has 2 bridgehead atoms. The highest BCUT2D eigenvalue weighted by Crippen LogP contribution is 2.22. The van der Waals surface area contributed by atoms with E-state index in [1.807, 2.05) is 10.6 Å². The van der Waals surface area contributed by atoms with Gasteiger partial charge in [-0.1, -0.05) is 0 Å². The number of ether oxygens (including phenoxy) is 2. The van der Waals surface area contributed by atoms with Crippen LogP contribution in [0.1, 0.15) is 19.3 Å². The lowest BCUT2D eigenvalue weighted by atomic mass is 9.94. The Morgan fingerprint density at radius 2 is 1.67 bits per heavy atom. The second-order valence-corrected chi connectivity index (χ2v) is 8.09. The maximum atomic E-state index is 12.7. The zero-order chi connectivity index (χ0) is 27.2. The fourth-order valence-corrected chi connectivity index (χ4v) is 3.43. The molecule has 0 aromatic carbocycles. The van der Waals surface area contributed by atoms with Crippen LogP contribution in [0, 0.1) is 0 Å². The Morgan fingerprint density at radius 1 is 1.00 bits per heavy atom. The summed E-state index contributed by atoms with van der Waals surface area (Å²) in [4.78, 5) is 72.3. The lowest BCUT2D eigenvalue weighted by Gasteiger charge is -2.39. The van der Waals surface area contributed by atoms with E-state index in [0.29, 0.717) is 0 Å². The number of carbonyl (C=O) groups excluding carboxylic acids is 4. The molecule has 2 fully saturated rings. The van der Waals surface area contributed by atoms with Gasteiger partial charge in [0.05, 0.1) is 13.0 Å². The van der Waals surface area contributed by atoms with Crippen molar-refractivity contribution in [3.63, 3.8) is 0 Å². The summed E-state index contributed by atoms with van der Waals surface area (Å²) in [5.74, 6) is -7.66. The first kappa shape index (κ1) is 28.9. The van der Waals surface area contributed by atoms with Gasteiger partial charge in [0.2, 0.25) is 11.8 Å². The van der Waals surface area contributed by atoms with E-state index in [9.17, 15) is 54.3 Å². The average molecular weight is 521 g/mol. The lowest BCUT2D eigenvalue weighted by Crippen LogP contribution is -2.64. The van der Waals surface area contributed by atoms with Gasteiger partial charge < -0.3 is 56.1 Å². The van der Waals surface area contributed by atoms with E-state index in [1.54, 1.807) is 0 Å². The van der Waals surface area contributed by atoms with Crippen LogP contribution in [-0.2, 0) is 38.2 Å². The van der Waals surface area contributed by atoms with Gasteiger partial charge >= 0.3 is 17.9 Å². The standard InChI is InChI=1S/C19H27N3O14/c23-4-8-17(31)21-7(16(30)20-6(19(33)34)1-2-10(24)25)3-11(26)35-5-9-12(27)13(28)14(29)15(36-9)18(32)22-8/h6-9,12-15,23,27-29H,1-5H2,(H,20,30)(H,21,31)(H,22,32)(H,24,25)(H,33,34)/t6-,7+,8+,9?,12+,13+,14-,15?/m0/s1. The van der Waals surface area contributed by atoms with Crippen molar-refractivity contribution >= 4 is 35.6 Å². The first-order valence-corrected chi connectivity index (χ1v) is 10.7. The Labute approximate surface area is 202 Å². The minimum absolute atomic E-state index is 0.514. The van der Waals surface area contributed by atoms with Crippen molar-refractivity contribution in [2.75, 3.05) is 13.2 Å². The van der Waals surface area contributed by atoms with Crippen molar-refractivity contribution in [2.45, 2.75) is 67.9 Å². The van der Waals surface area contributed by atoms with Crippen LogP contribution in [0.5, 0.6) is 0 Å². The number of rotatable bonds is 7. The van der Waals surface area contributed by atoms with Gasteiger partial charge in [0.1, 0.15) is 49.1 Å². The molecule has 9 N–H and O–H groups in total. The maximum Gasteiger partial charge on any atom is 0.326 e. The first-order chi connectivity index (χ1) is 16.8. The predicted molar refractivity (Wildman–Crippen MR) is 110 cm³/mol. The fourth-order valence-electron chi connectivity index (χ4n) is 3.43. The number of amides is 3. The summed E-state index contributed by atoms with van der Waals surface area (Å²) in [6.07, 6.45) is -11.0. The van der Waals surface area contributed by atoms with Crippen LogP contribution >= 0.6 is 0 Å². The largest absolute Gasteiger partial charge is 0.481 e. The van der Waals surface area contributed by atoms with Crippen molar-refractivity contribution in [1.29, 1.82) is 0 Å². The molecule has 2 saturated heterocycles. The zero-order valence-corrected chi connectivity index (χ0v) is 18.6. The minimum atomic E-state index is -1.95. The van der Waals surface area contributed by atoms with Crippen molar-refractivity contribution in [1.82, 2.24) is 16.0 Å². The molecular formula is C19H27N3O14. The molecule has 0 aliphatic carbocycles. The molecule has 0 radical (unpaired) electrons. The third-order valence-electron chi connectivity index (χ3n) is 5.46. The number of esters is 1. The molecule has 0 spiro atoms. The first-order valence-electron chi connectivity index (χ1n) is 10.7. The summed E-state index contributed by atoms with van der Waals surface area (Å²) in [7, 11) is 0. The average Bonchev–Trinajstić information content (AvgIpc) is 2.82. The molecule has 8 atom stereocenters. The van der Waals surface area contributed by atoms with Crippen LogP contribution in [0.2, 0.25) is 0 Å². The summed E-state index contributed by atoms with van der Waals surface area (Å²) in [5.41, 5.74) is 0. The summed E-state index contributed by atoms with van der Waals surface area (Å²) in [5, 5.41) is 63.8. The topological polar surface area (TPSA) is 278 Å². The fraction of sp³-hybridized carbons (Fsp3) is 0.684. The van der Waals surface area contributed by atoms with Crippen LogP contribution in [-0.4, -0.2) is 128 Å². The number of carboxylic acid groups (broad SMARTS) is 2. The normalized spacial score (nSPS) is 32.3. The summed E-state index contributed by atoms with van der Waals surface area (Å²) in [6, 6.07) is -5.22. The number of nitrogens with one attached hydrogen (secondary N) is 3. The van der Waals surface area contributed by atoms with Gasteiger partial charge in [-0.05, 0) is 6.42 Å². The lowest BCUT2D eigenvalue weighted by molar-refractivity contribution is -0.229.